The third kappa shape index (κ3) is 3.05. The number of nitrogens with zero attached hydrogens (tertiary/aromatic N) is 2. The molecule has 2 aromatic rings. The van der Waals surface area contributed by atoms with Crippen LogP contribution in [-0.4, -0.2) is 9.97 Å². The summed E-state index contributed by atoms with van der Waals surface area (Å²) in [6.07, 6.45) is 6.06. The van der Waals surface area contributed by atoms with Crippen LogP contribution in [0, 0.1) is 0 Å². The molecule has 1 heterocycles. The van der Waals surface area contributed by atoms with E-state index in [0.717, 1.165) is 16.3 Å². The highest BCUT2D eigenvalue weighted by Crippen LogP contribution is 2.31. The fourth-order valence-electron chi connectivity index (χ4n) is 1.55. The first-order valence-electron chi connectivity index (χ1n) is 5.59. The van der Waals surface area contributed by atoms with Gasteiger partial charge in [0.1, 0.15) is 5.03 Å². The summed E-state index contributed by atoms with van der Waals surface area (Å²) in [6.45, 7) is 2.09. The summed E-state index contributed by atoms with van der Waals surface area (Å²) in [5.74, 6) is 0. The van der Waals surface area contributed by atoms with Crippen molar-refractivity contribution < 1.29 is 0 Å². The van der Waals surface area contributed by atoms with Crippen molar-refractivity contribution in [2.75, 3.05) is 0 Å². The lowest BCUT2D eigenvalue weighted by Crippen LogP contribution is -2.09. The van der Waals surface area contributed by atoms with Crippen LogP contribution >= 0.6 is 11.8 Å². The maximum Gasteiger partial charge on any atom is 0.119 e. The first kappa shape index (κ1) is 12.1. The molecule has 0 saturated carbocycles. The minimum atomic E-state index is 0.0790. The fourth-order valence-corrected chi connectivity index (χ4v) is 2.49. The Hall–Kier alpha value is -1.39. The molecule has 0 bridgehead atoms. The van der Waals surface area contributed by atoms with Crippen molar-refractivity contribution in [2.24, 2.45) is 5.73 Å². The van der Waals surface area contributed by atoms with Gasteiger partial charge in [-0.1, -0.05) is 36.9 Å². The monoisotopic (exact) mass is 245 g/mol. The van der Waals surface area contributed by atoms with Crippen LogP contribution in [0.5, 0.6) is 0 Å². The molecule has 88 valence electrons. The maximum atomic E-state index is 6.10. The van der Waals surface area contributed by atoms with Gasteiger partial charge < -0.3 is 5.73 Å². The molecular formula is C13H15N3S. The van der Waals surface area contributed by atoms with Gasteiger partial charge in [0.05, 0.1) is 6.20 Å². The van der Waals surface area contributed by atoms with Crippen molar-refractivity contribution in [1.82, 2.24) is 9.97 Å². The van der Waals surface area contributed by atoms with E-state index in [1.807, 2.05) is 12.1 Å². The lowest BCUT2D eigenvalue weighted by atomic mass is 10.1. The Morgan fingerprint density at radius 3 is 2.82 bits per heavy atom. The van der Waals surface area contributed by atoms with Gasteiger partial charge in [-0.15, -0.1) is 0 Å². The minimum Gasteiger partial charge on any atom is -0.324 e. The van der Waals surface area contributed by atoms with Gasteiger partial charge in [0, 0.05) is 23.3 Å². The summed E-state index contributed by atoms with van der Waals surface area (Å²) < 4.78 is 0. The molecule has 1 aromatic carbocycles. The van der Waals surface area contributed by atoms with Gasteiger partial charge in [0.25, 0.3) is 0 Å². The number of aromatic nitrogens is 2. The topological polar surface area (TPSA) is 51.8 Å². The molecule has 0 aliphatic rings. The summed E-state index contributed by atoms with van der Waals surface area (Å²) in [5, 5.41) is 0.892. The Labute approximate surface area is 105 Å². The van der Waals surface area contributed by atoms with E-state index in [-0.39, 0.29) is 6.04 Å². The maximum absolute atomic E-state index is 6.10. The van der Waals surface area contributed by atoms with Gasteiger partial charge in [0.15, 0.2) is 0 Å². The van der Waals surface area contributed by atoms with Crippen LogP contribution in [0.25, 0.3) is 0 Å². The number of hydrogen-bond donors (Lipinski definition) is 1. The van der Waals surface area contributed by atoms with Gasteiger partial charge in [-0.25, -0.2) is 4.98 Å². The van der Waals surface area contributed by atoms with Gasteiger partial charge >= 0.3 is 0 Å². The van der Waals surface area contributed by atoms with Crippen LogP contribution in [0.2, 0.25) is 0 Å². The van der Waals surface area contributed by atoms with Gasteiger partial charge in [-0.2, -0.15) is 0 Å². The van der Waals surface area contributed by atoms with E-state index in [1.54, 1.807) is 30.4 Å². The molecule has 1 unspecified atom stereocenters. The summed E-state index contributed by atoms with van der Waals surface area (Å²) in [5.41, 5.74) is 7.27. The second-order valence-corrected chi connectivity index (χ2v) is 4.76. The van der Waals surface area contributed by atoms with E-state index in [9.17, 15) is 0 Å². The molecule has 0 radical (unpaired) electrons. The molecule has 2 rings (SSSR count). The molecule has 2 N–H and O–H groups in total. The van der Waals surface area contributed by atoms with Crippen LogP contribution in [0.1, 0.15) is 24.9 Å². The first-order valence-corrected chi connectivity index (χ1v) is 6.41. The first-order chi connectivity index (χ1) is 8.31. The molecule has 17 heavy (non-hydrogen) atoms. The zero-order valence-electron chi connectivity index (χ0n) is 9.71. The number of hydrogen-bond acceptors (Lipinski definition) is 4. The van der Waals surface area contributed by atoms with Crippen LogP contribution < -0.4 is 5.73 Å². The van der Waals surface area contributed by atoms with E-state index in [1.165, 1.54) is 5.56 Å². The Morgan fingerprint density at radius 1 is 1.29 bits per heavy atom. The van der Waals surface area contributed by atoms with E-state index in [2.05, 4.69) is 29.0 Å². The van der Waals surface area contributed by atoms with Crippen molar-refractivity contribution in [3.05, 3.63) is 48.4 Å². The van der Waals surface area contributed by atoms with E-state index in [4.69, 9.17) is 5.73 Å². The van der Waals surface area contributed by atoms with Gasteiger partial charge in [0.2, 0.25) is 0 Å². The SMILES string of the molecule is CCC(N)c1ccccc1Sc1cnccn1. The Bertz CT molecular complexity index is 473. The summed E-state index contributed by atoms with van der Waals surface area (Å²) in [7, 11) is 0. The second-order valence-electron chi connectivity index (χ2n) is 3.70. The normalized spacial score (nSPS) is 12.4. The zero-order chi connectivity index (χ0) is 12.1. The van der Waals surface area contributed by atoms with Crippen molar-refractivity contribution in [1.29, 1.82) is 0 Å². The van der Waals surface area contributed by atoms with Gasteiger partial charge in [-0.3, -0.25) is 4.98 Å². The predicted octanol–water partition coefficient (Wildman–Crippen LogP) is 3.04. The highest BCUT2D eigenvalue weighted by molar-refractivity contribution is 7.99. The van der Waals surface area contributed by atoms with E-state index < -0.39 is 0 Å². The Morgan fingerprint density at radius 2 is 2.12 bits per heavy atom. The van der Waals surface area contributed by atoms with Crippen molar-refractivity contribution in [3.8, 4) is 0 Å². The predicted molar refractivity (Wildman–Crippen MR) is 69.8 cm³/mol. The third-order valence-corrected chi connectivity index (χ3v) is 3.52. The molecule has 0 saturated heterocycles. The Balaban J connectivity index is 2.27. The number of nitrogens with two attached hydrogens (primary N) is 1. The summed E-state index contributed by atoms with van der Waals surface area (Å²) in [6, 6.07) is 8.27. The van der Waals surface area contributed by atoms with Crippen LogP contribution in [0.3, 0.4) is 0 Å². The quantitative estimate of drug-likeness (QED) is 0.899. The van der Waals surface area contributed by atoms with Gasteiger partial charge in [-0.05, 0) is 18.1 Å². The number of rotatable bonds is 4. The standard InChI is InChI=1S/C13H15N3S/c1-2-11(14)10-5-3-4-6-12(10)17-13-9-15-7-8-16-13/h3-9,11H,2,14H2,1H3. The van der Waals surface area contributed by atoms with Crippen molar-refractivity contribution in [3.63, 3.8) is 0 Å². The zero-order valence-corrected chi connectivity index (χ0v) is 10.5. The number of benzene rings is 1. The summed E-state index contributed by atoms with van der Waals surface area (Å²) >= 11 is 1.60. The molecule has 4 heteroatoms. The average Bonchev–Trinajstić information content (AvgIpc) is 2.40. The molecule has 1 atom stereocenters. The second kappa shape index (κ2) is 5.80. The smallest absolute Gasteiger partial charge is 0.119 e. The largest absolute Gasteiger partial charge is 0.324 e. The van der Waals surface area contributed by atoms with E-state index in [0.29, 0.717) is 0 Å². The highest BCUT2D eigenvalue weighted by Gasteiger charge is 2.10. The van der Waals surface area contributed by atoms with Crippen molar-refractivity contribution in [2.45, 2.75) is 29.3 Å². The molecule has 3 nitrogen and oxygen atoms in total. The van der Waals surface area contributed by atoms with Crippen molar-refractivity contribution >= 4 is 11.8 Å². The molecule has 0 fully saturated rings. The average molecular weight is 245 g/mol. The molecule has 0 aliphatic carbocycles. The fraction of sp³-hybridized carbons (Fsp3) is 0.231. The van der Waals surface area contributed by atoms with Crippen LogP contribution in [-0.2, 0) is 0 Å². The Kier molecular flexibility index (Phi) is 4.12. The molecule has 0 spiro atoms. The summed E-state index contributed by atoms with van der Waals surface area (Å²) in [4.78, 5) is 9.48. The molecule has 0 amide bonds. The van der Waals surface area contributed by atoms with E-state index >= 15 is 0 Å². The lowest BCUT2D eigenvalue weighted by Gasteiger charge is -2.13. The van der Waals surface area contributed by atoms with Crippen LogP contribution in [0.15, 0.2) is 52.8 Å². The molecule has 1 aromatic heterocycles. The molecule has 0 aliphatic heterocycles. The lowest BCUT2D eigenvalue weighted by molar-refractivity contribution is 0.685. The minimum absolute atomic E-state index is 0.0790. The van der Waals surface area contributed by atoms with Crippen LogP contribution in [0.4, 0.5) is 0 Å². The third-order valence-electron chi connectivity index (χ3n) is 2.51. The molecular weight excluding hydrogens is 230 g/mol. The highest BCUT2D eigenvalue weighted by atomic mass is 32.2.